The fraction of sp³-hybridized carbons (Fsp3) is 0.423. The van der Waals surface area contributed by atoms with E-state index in [0.29, 0.717) is 36.4 Å². The molecule has 2 aliphatic heterocycles. The molecule has 3 amide bonds. The second-order valence-corrected chi connectivity index (χ2v) is 9.20. The van der Waals surface area contributed by atoms with Crippen molar-refractivity contribution in [2.45, 2.75) is 31.4 Å². The van der Waals surface area contributed by atoms with Crippen LogP contribution in [0.2, 0.25) is 0 Å². The molecular weight excluding hydrogens is 437 g/mol. The highest BCUT2D eigenvalue weighted by atomic mass is 19.1. The van der Waals surface area contributed by atoms with E-state index in [2.05, 4.69) is 10.6 Å². The first-order valence-corrected chi connectivity index (χ1v) is 11.7. The summed E-state index contributed by atoms with van der Waals surface area (Å²) in [5, 5.41) is 5.67. The summed E-state index contributed by atoms with van der Waals surface area (Å²) in [6.45, 7) is 2.46. The van der Waals surface area contributed by atoms with Gasteiger partial charge in [0.25, 0.3) is 11.8 Å². The Bertz CT molecular complexity index is 1130. The van der Waals surface area contributed by atoms with Crippen molar-refractivity contribution in [3.05, 3.63) is 64.7 Å². The van der Waals surface area contributed by atoms with Crippen molar-refractivity contribution >= 4 is 17.7 Å². The maximum Gasteiger partial charge on any atom is 0.254 e. The molecule has 3 aliphatic rings. The number of amides is 3. The van der Waals surface area contributed by atoms with E-state index in [1.165, 1.54) is 13.1 Å². The largest absolute Gasteiger partial charge is 0.486 e. The zero-order valence-electron chi connectivity index (χ0n) is 19.2. The predicted molar refractivity (Wildman–Crippen MR) is 124 cm³/mol. The Kier molecular flexibility index (Phi) is 5.75. The lowest BCUT2D eigenvalue weighted by molar-refractivity contribution is -0.130. The minimum absolute atomic E-state index is 0.0184. The van der Waals surface area contributed by atoms with Crippen molar-refractivity contribution in [2.24, 2.45) is 11.8 Å². The van der Waals surface area contributed by atoms with E-state index < -0.39 is 24.6 Å². The molecule has 34 heavy (non-hydrogen) atoms. The lowest BCUT2D eigenvalue weighted by atomic mass is 9.86. The Morgan fingerprint density at radius 1 is 1.09 bits per heavy atom. The first-order chi connectivity index (χ1) is 16.5. The summed E-state index contributed by atoms with van der Waals surface area (Å²) >= 11 is 0. The lowest BCUT2D eigenvalue weighted by Gasteiger charge is -2.20. The van der Waals surface area contributed by atoms with Gasteiger partial charge in [-0.3, -0.25) is 14.4 Å². The molecule has 178 valence electrons. The smallest absolute Gasteiger partial charge is 0.254 e. The van der Waals surface area contributed by atoms with Gasteiger partial charge in [-0.05, 0) is 17.7 Å². The van der Waals surface area contributed by atoms with E-state index >= 15 is 0 Å². The van der Waals surface area contributed by atoms with Crippen molar-refractivity contribution in [2.75, 3.05) is 26.8 Å². The molecule has 5 rings (SSSR count). The first-order valence-electron chi connectivity index (χ1n) is 11.7. The van der Waals surface area contributed by atoms with Crippen molar-refractivity contribution in [3.8, 4) is 5.75 Å². The zero-order valence-corrected chi connectivity index (χ0v) is 19.2. The molecule has 1 aliphatic carbocycles. The van der Waals surface area contributed by atoms with Gasteiger partial charge < -0.3 is 20.3 Å². The highest BCUT2D eigenvalue weighted by molar-refractivity contribution is 6.02. The van der Waals surface area contributed by atoms with Crippen LogP contribution < -0.4 is 15.4 Å². The Labute approximate surface area is 197 Å². The minimum atomic E-state index is -0.774. The number of ether oxygens (including phenoxy) is 1. The summed E-state index contributed by atoms with van der Waals surface area (Å²) in [6, 6.07) is 12.7. The number of rotatable bonds is 6. The quantitative estimate of drug-likeness (QED) is 0.686. The molecule has 5 atom stereocenters. The molecule has 0 bridgehead atoms. The molecule has 2 N–H and O–H groups in total. The standard InChI is InChI=1S/C26H28FN3O4/c1-3-21(31)30-12-18-19(13-30)23(18)29-25(32)15-9-16-22(14-7-5-4-6-8-14)20(11-27)34-24(16)17(10-15)26(33)28-2/h4-10,18-20,22-23H,3,11-13H2,1-2H3,(H,28,33)(H,29,32)/t18-,19+,20-,22+,23+/m1/s1. The first kappa shape index (κ1) is 22.4. The van der Waals surface area contributed by atoms with Crippen molar-refractivity contribution < 1.29 is 23.5 Å². The van der Waals surface area contributed by atoms with Crippen LogP contribution in [0.3, 0.4) is 0 Å². The molecule has 0 aromatic heterocycles. The molecule has 2 aromatic rings. The zero-order chi connectivity index (χ0) is 24.0. The summed E-state index contributed by atoms with van der Waals surface area (Å²) in [7, 11) is 1.51. The number of hydrogen-bond donors (Lipinski definition) is 2. The Morgan fingerprint density at radius 3 is 2.41 bits per heavy atom. The molecule has 0 unspecified atom stereocenters. The van der Waals surface area contributed by atoms with E-state index in [-0.39, 0.29) is 35.3 Å². The number of piperidine rings is 1. The molecule has 2 fully saturated rings. The van der Waals surface area contributed by atoms with E-state index in [4.69, 9.17) is 4.74 Å². The van der Waals surface area contributed by atoms with E-state index in [1.54, 1.807) is 6.07 Å². The predicted octanol–water partition coefficient (Wildman–Crippen LogP) is 2.51. The number of fused-ring (bicyclic) bond motifs is 2. The number of nitrogens with zero attached hydrogens (tertiary/aromatic N) is 1. The number of carbonyl (C=O) groups is 3. The van der Waals surface area contributed by atoms with Crippen LogP contribution in [0.15, 0.2) is 42.5 Å². The van der Waals surface area contributed by atoms with Crippen molar-refractivity contribution in [3.63, 3.8) is 0 Å². The molecular formula is C26H28FN3O4. The summed E-state index contributed by atoms with van der Waals surface area (Å²) < 4.78 is 19.9. The third-order valence-corrected chi connectivity index (χ3v) is 7.29. The monoisotopic (exact) mass is 465 g/mol. The number of likely N-dealkylation sites (tertiary alicyclic amines) is 1. The third-order valence-electron chi connectivity index (χ3n) is 7.29. The number of halogens is 1. The summed E-state index contributed by atoms with van der Waals surface area (Å²) in [4.78, 5) is 39.7. The second kappa shape index (κ2) is 8.74. The summed E-state index contributed by atoms with van der Waals surface area (Å²) in [5.74, 6) is -0.103. The van der Waals surface area contributed by atoms with Gasteiger partial charge in [0, 0.05) is 55.6 Å². The average molecular weight is 466 g/mol. The van der Waals surface area contributed by atoms with Gasteiger partial charge in [-0.1, -0.05) is 37.3 Å². The van der Waals surface area contributed by atoms with Crippen LogP contribution in [0.5, 0.6) is 5.75 Å². The van der Waals surface area contributed by atoms with Crippen molar-refractivity contribution in [1.82, 2.24) is 15.5 Å². The SMILES string of the molecule is CCC(=O)N1C[C@@H]2[C@H](C1)[C@H]2NC(=O)c1cc(C(=O)NC)c2c(c1)[C@H](c1ccccc1)[C@@H](CF)O2. The molecule has 2 aromatic carbocycles. The Balaban J connectivity index is 1.43. The number of benzene rings is 2. The maximum atomic E-state index is 14.0. The van der Waals surface area contributed by atoms with Crippen LogP contribution >= 0.6 is 0 Å². The molecule has 1 saturated carbocycles. The van der Waals surface area contributed by atoms with Gasteiger partial charge in [0.2, 0.25) is 5.91 Å². The Morgan fingerprint density at radius 2 is 1.79 bits per heavy atom. The van der Waals surface area contributed by atoms with Gasteiger partial charge in [-0.25, -0.2) is 4.39 Å². The number of carbonyl (C=O) groups excluding carboxylic acids is 3. The minimum Gasteiger partial charge on any atom is -0.486 e. The van der Waals surface area contributed by atoms with Crippen LogP contribution in [-0.4, -0.2) is 61.6 Å². The van der Waals surface area contributed by atoms with E-state index in [0.717, 1.165) is 5.56 Å². The number of alkyl halides is 1. The fourth-order valence-electron chi connectivity index (χ4n) is 5.45. The van der Waals surface area contributed by atoms with Gasteiger partial charge >= 0.3 is 0 Å². The molecule has 2 heterocycles. The number of hydrogen-bond acceptors (Lipinski definition) is 4. The van der Waals surface area contributed by atoms with Gasteiger partial charge in [-0.2, -0.15) is 0 Å². The fourth-order valence-corrected chi connectivity index (χ4v) is 5.45. The van der Waals surface area contributed by atoms with Crippen LogP contribution in [-0.2, 0) is 4.79 Å². The van der Waals surface area contributed by atoms with Gasteiger partial charge in [0.05, 0.1) is 11.5 Å². The van der Waals surface area contributed by atoms with E-state index in [9.17, 15) is 18.8 Å². The van der Waals surface area contributed by atoms with E-state index in [1.807, 2.05) is 42.2 Å². The van der Waals surface area contributed by atoms with Gasteiger partial charge in [-0.15, -0.1) is 0 Å². The molecule has 7 nitrogen and oxygen atoms in total. The van der Waals surface area contributed by atoms with Crippen LogP contribution in [0.4, 0.5) is 4.39 Å². The Hall–Kier alpha value is -3.42. The summed E-state index contributed by atoms with van der Waals surface area (Å²) in [6.07, 6.45) is -0.290. The van der Waals surface area contributed by atoms with Crippen LogP contribution in [0.25, 0.3) is 0 Å². The molecule has 1 saturated heterocycles. The molecule has 8 heteroatoms. The highest BCUT2D eigenvalue weighted by Crippen LogP contribution is 2.47. The highest BCUT2D eigenvalue weighted by Gasteiger charge is 2.57. The third kappa shape index (κ3) is 3.71. The number of nitrogens with one attached hydrogen (secondary N) is 2. The topological polar surface area (TPSA) is 87.7 Å². The van der Waals surface area contributed by atoms with Crippen molar-refractivity contribution in [1.29, 1.82) is 0 Å². The maximum absolute atomic E-state index is 14.0. The average Bonchev–Trinajstić information content (AvgIpc) is 3.20. The van der Waals surface area contributed by atoms with Crippen LogP contribution in [0.1, 0.15) is 51.1 Å². The summed E-state index contributed by atoms with van der Waals surface area (Å²) in [5.41, 5.74) is 2.06. The molecule has 0 spiro atoms. The second-order valence-electron chi connectivity index (χ2n) is 9.20. The lowest BCUT2D eigenvalue weighted by Crippen LogP contribution is -2.37. The normalized spacial score (nSPS) is 26.3. The van der Waals surface area contributed by atoms with Gasteiger partial charge in [0.1, 0.15) is 18.5 Å². The molecule has 0 radical (unpaired) electrons. The van der Waals surface area contributed by atoms with Gasteiger partial charge in [0.15, 0.2) is 0 Å². The van der Waals surface area contributed by atoms with Crippen LogP contribution in [0, 0.1) is 11.8 Å².